The zero-order valence-electron chi connectivity index (χ0n) is 9.89. The first-order valence-corrected chi connectivity index (χ1v) is 5.87. The molecule has 16 heavy (non-hydrogen) atoms. The Balaban J connectivity index is 2.07. The molecule has 0 bridgehead atoms. The number of likely N-dealkylation sites (N-methyl/N-ethyl adjacent to an activating group) is 1. The summed E-state index contributed by atoms with van der Waals surface area (Å²) in [5, 5.41) is 0. The smallest absolute Gasteiger partial charge is 0.0516 e. The second-order valence-electron chi connectivity index (χ2n) is 4.74. The molecule has 2 unspecified atom stereocenters. The maximum atomic E-state index is 5.90. The van der Waals surface area contributed by atoms with Crippen LogP contribution in [0.4, 0.5) is 0 Å². The van der Waals surface area contributed by atoms with Crippen LogP contribution in [-0.2, 0) is 6.42 Å². The van der Waals surface area contributed by atoms with Crippen molar-refractivity contribution < 1.29 is 0 Å². The average molecular weight is 216 g/mol. The Bertz CT molecular complexity index is 358. The zero-order valence-corrected chi connectivity index (χ0v) is 9.89. The molecule has 1 aromatic rings. The Labute approximate surface area is 97.8 Å². The van der Waals surface area contributed by atoms with Crippen molar-refractivity contribution in [3.8, 4) is 0 Å². The van der Waals surface area contributed by atoms with Gasteiger partial charge in [-0.2, -0.15) is 0 Å². The maximum absolute atomic E-state index is 5.90. The summed E-state index contributed by atoms with van der Waals surface area (Å²) >= 11 is 0. The Hall–Kier alpha value is -1.28. The Morgan fingerprint density at radius 3 is 2.75 bits per heavy atom. The molecule has 1 heterocycles. The second kappa shape index (κ2) is 4.71. The summed E-state index contributed by atoms with van der Waals surface area (Å²) in [5.74, 6) is 0.616. The number of hydrogen-bond acceptors (Lipinski definition) is 2. The van der Waals surface area contributed by atoms with Gasteiger partial charge in [0.15, 0.2) is 0 Å². The van der Waals surface area contributed by atoms with Crippen molar-refractivity contribution in [3.63, 3.8) is 0 Å². The van der Waals surface area contributed by atoms with Gasteiger partial charge in [-0.25, -0.2) is 0 Å². The third kappa shape index (κ3) is 2.27. The zero-order chi connectivity index (χ0) is 11.5. The molecule has 1 aliphatic rings. The molecule has 0 aliphatic carbocycles. The largest absolute Gasteiger partial charge is 0.401 e. The molecular weight excluding hydrogens is 196 g/mol. The highest BCUT2D eigenvalue weighted by Gasteiger charge is 2.32. The minimum atomic E-state index is 0.347. The van der Waals surface area contributed by atoms with Crippen molar-refractivity contribution in [1.29, 1.82) is 0 Å². The molecule has 86 valence electrons. The summed E-state index contributed by atoms with van der Waals surface area (Å²) in [6.07, 6.45) is 2.32. The quantitative estimate of drug-likeness (QED) is 0.837. The van der Waals surface area contributed by atoms with Gasteiger partial charge in [-0.15, -0.1) is 0 Å². The first-order chi connectivity index (χ1) is 7.68. The molecule has 2 atom stereocenters. The molecule has 2 heteroatoms. The highest BCUT2D eigenvalue weighted by atomic mass is 15.2. The summed E-state index contributed by atoms with van der Waals surface area (Å²) in [4.78, 5) is 2.32. The molecule has 1 saturated heterocycles. The van der Waals surface area contributed by atoms with Crippen molar-refractivity contribution >= 4 is 0 Å². The van der Waals surface area contributed by atoms with Crippen molar-refractivity contribution in [3.05, 3.63) is 48.2 Å². The predicted molar refractivity (Wildman–Crippen MR) is 68.0 cm³/mol. The molecular formula is C14H20N2. The van der Waals surface area contributed by atoms with Gasteiger partial charge >= 0.3 is 0 Å². The van der Waals surface area contributed by atoms with E-state index >= 15 is 0 Å². The molecule has 0 saturated carbocycles. The summed E-state index contributed by atoms with van der Waals surface area (Å²) in [6, 6.07) is 11.0. The van der Waals surface area contributed by atoms with E-state index in [0.29, 0.717) is 12.0 Å². The molecule has 1 aromatic carbocycles. The average Bonchev–Trinajstić information content (AvgIpc) is 2.61. The lowest BCUT2D eigenvalue weighted by Crippen LogP contribution is -2.34. The van der Waals surface area contributed by atoms with E-state index in [1.165, 1.54) is 12.0 Å². The van der Waals surface area contributed by atoms with Crippen LogP contribution in [0.15, 0.2) is 42.6 Å². The monoisotopic (exact) mass is 216 g/mol. The van der Waals surface area contributed by atoms with Crippen LogP contribution in [0.25, 0.3) is 0 Å². The third-order valence-electron chi connectivity index (χ3n) is 3.49. The highest BCUT2D eigenvalue weighted by Crippen LogP contribution is 2.28. The van der Waals surface area contributed by atoms with Gasteiger partial charge in [0.05, 0.1) is 6.04 Å². The van der Waals surface area contributed by atoms with Gasteiger partial charge in [-0.3, -0.25) is 4.90 Å². The topological polar surface area (TPSA) is 29.3 Å². The molecule has 0 aromatic heterocycles. The molecule has 0 spiro atoms. The fourth-order valence-corrected chi connectivity index (χ4v) is 2.74. The fraction of sp³-hybridized carbons (Fsp3) is 0.429. The molecule has 0 amide bonds. The molecule has 2 rings (SSSR count). The Morgan fingerprint density at radius 1 is 1.44 bits per heavy atom. The van der Waals surface area contributed by atoms with Crippen LogP contribution in [0.1, 0.15) is 12.0 Å². The summed E-state index contributed by atoms with van der Waals surface area (Å²) in [6.45, 7) is 5.04. The number of nitrogens with zero attached hydrogens (tertiary/aromatic N) is 1. The predicted octanol–water partition coefficient (Wildman–Crippen LogP) is 2.02. The van der Waals surface area contributed by atoms with Crippen LogP contribution in [0.5, 0.6) is 0 Å². The van der Waals surface area contributed by atoms with E-state index in [0.717, 1.165) is 18.7 Å². The van der Waals surface area contributed by atoms with Gasteiger partial charge in [0.2, 0.25) is 0 Å². The van der Waals surface area contributed by atoms with E-state index in [1.807, 2.05) is 0 Å². The van der Waals surface area contributed by atoms with Gasteiger partial charge in [0.1, 0.15) is 0 Å². The lowest BCUT2D eigenvalue weighted by Gasteiger charge is -2.25. The third-order valence-corrected chi connectivity index (χ3v) is 3.49. The molecule has 2 N–H and O–H groups in total. The van der Waals surface area contributed by atoms with Gasteiger partial charge in [-0.1, -0.05) is 36.9 Å². The SMILES string of the molecule is C=C(N)C1C(Cc2ccccc2)CCN1C. The molecule has 1 aliphatic heterocycles. The van der Waals surface area contributed by atoms with Crippen LogP contribution in [0.2, 0.25) is 0 Å². The lowest BCUT2D eigenvalue weighted by atomic mass is 9.91. The standard InChI is InChI=1S/C14H20N2/c1-11(15)14-13(8-9-16(14)2)10-12-6-4-3-5-7-12/h3-7,13-14H,1,8-10,15H2,2H3. The maximum Gasteiger partial charge on any atom is 0.0516 e. The first-order valence-electron chi connectivity index (χ1n) is 5.87. The van der Waals surface area contributed by atoms with Gasteiger partial charge in [-0.05, 0) is 37.9 Å². The van der Waals surface area contributed by atoms with E-state index in [1.54, 1.807) is 0 Å². The first kappa shape index (κ1) is 11.2. The Kier molecular flexibility index (Phi) is 3.30. The van der Waals surface area contributed by atoms with E-state index < -0.39 is 0 Å². The van der Waals surface area contributed by atoms with Crippen molar-refractivity contribution in [2.75, 3.05) is 13.6 Å². The van der Waals surface area contributed by atoms with Crippen LogP contribution in [0.3, 0.4) is 0 Å². The Morgan fingerprint density at radius 2 is 2.12 bits per heavy atom. The number of likely N-dealkylation sites (tertiary alicyclic amines) is 1. The van der Waals surface area contributed by atoms with Crippen molar-refractivity contribution in [2.24, 2.45) is 11.7 Å². The van der Waals surface area contributed by atoms with E-state index in [-0.39, 0.29) is 0 Å². The van der Waals surface area contributed by atoms with E-state index in [4.69, 9.17) is 5.73 Å². The van der Waals surface area contributed by atoms with Crippen molar-refractivity contribution in [2.45, 2.75) is 18.9 Å². The number of nitrogens with two attached hydrogens (primary N) is 1. The van der Waals surface area contributed by atoms with Crippen LogP contribution >= 0.6 is 0 Å². The highest BCUT2D eigenvalue weighted by molar-refractivity contribution is 5.18. The van der Waals surface area contributed by atoms with E-state index in [2.05, 4.69) is 48.9 Å². The van der Waals surface area contributed by atoms with E-state index in [9.17, 15) is 0 Å². The van der Waals surface area contributed by atoms with Crippen LogP contribution < -0.4 is 5.73 Å². The van der Waals surface area contributed by atoms with Crippen LogP contribution in [-0.4, -0.2) is 24.5 Å². The summed E-state index contributed by atoms with van der Waals surface area (Å²) in [7, 11) is 2.13. The second-order valence-corrected chi connectivity index (χ2v) is 4.74. The molecule has 2 nitrogen and oxygen atoms in total. The number of hydrogen-bond donors (Lipinski definition) is 1. The normalized spacial score (nSPS) is 25.8. The molecule has 1 fully saturated rings. The lowest BCUT2D eigenvalue weighted by molar-refractivity contribution is 0.306. The minimum absolute atomic E-state index is 0.347. The fourth-order valence-electron chi connectivity index (χ4n) is 2.74. The van der Waals surface area contributed by atoms with Crippen molar-refractivity contribution in [1.82, 2.24) is 4.90 Å². The van der Waals surface area contributed by atoms with Crippen LogP contribution in [0, 0.1) is 5.92 Å². The van der Waals surface area contributed by atoms with Gasteiger partial charge in [0, 0.05) is 5.70 Å². The molecule has 0 radical (unpaired) electrons. The number of rotatable bonds is 3. The summed E-state index contributed by atoms with van der Waals surface area (Å²) in [5.41, 5.74) is 8.10. The summed E-state index contributed by atoms with van der Waals surface area (Å²) < 4.78 is 0. The minimum Gasteiger partial charge on any atom is -0.401 e. The van der Waals surface area contributed by atoms with Gasteiger partial charge in [0.25, 0.3) is 0 Å². The van der Waals surface area contributed by atoms with Gasteiger partial charge < -0.3 is 5.73 Å². The number of benzene rings is 1.